The minimum atomic E-state index is -3.91. The van der Waals surface area contributed by atoms with Gasteiger partial charge in [0.25, 0.3) is 5.91 Å². The van der Waals surface area contributed by atoms with E-state index in [2.05, 4.69) is 5.32 Å². The average molecular weight is 375 g/mol. The van der Waals surface area contributed by atoms with Crippen molar-refractivity contribution in [3.05, 3.63) is 71.8 Å². The molecule has 1 N–H and O–H groups in total. The van der Waals surface area contributed by atoms with Crippen molar-refractivity contribution in [1.29, 1.82) is 0 Å². The number of hydrogen-bond donors (Lipinski definition) is 1. The van der Waals surface area contributed by atoms with Crippen molar-refractivity contribution in [3.63, 3.8) is 0 Å². The SMILES string of the molecule is CCOP(=O)(OCC)[C@@H](NC(=O)c1ccccc1)C(=O)c1ccccc1. The molecule has 0 fully saturated rings. The van der Waals surface area contributed by atoms with Crippen LogP contribution in [-0.2, 0) is 13.6 Å². The lowest BCUT2D eigenvalue weighted by atomic mass is 10.1. The molecule has 0 bridgehead atoms. The molecule has 0 aromatic heterocycles. The first-order valence-corrected chi connectivity index (χ1v) is 9.97. The molecule has 138 valence electrons. The Morgan fingerprint density at radius 3 is 1.81 bits per heavy atom. The largest absolute Gasteiger partial charge is 0.360 e. The average Bonchev–Trinajstić information content (AvgIpc) is 2.67. The van der Waals surface area contributed by atoms with E-state index in [1.54, 1.807) is 74.5 Å². The summed E-state index contributed by atoms with van der Waals surface area (Å²) in [5.41, 5.74) is 0.656. The Kier molecular flexibility index (Phi) is 7.27. The van der Waals surface area contributed by atoms with Crippen molar-refractivity contribution in [2.24, 2.45) is 0 Å². The zero-order valence-corrected chi connectivity index (χ0v) is 15.6. The van der Waals surface area contributed by atoms with Gasteiger partial charge >= 0.3 is 7.60 Å². The molecule has 7 heteroatoms. The molecule has 0 aliphatic rings. The fraction of sp³-hybridized carbons (Fsp3) is 0.263. The molecule has 0 saturated carbocycles. The Hall–Kier alpha value is -2.27. The van der Waals surface area contributed by atoms with Crippen LogP contribution in [-0.4, -0.2) is 30.7 Å². The van der Waals surface area contributed by atoms with E-state index in [4.69, 9.17) is 9.05 Å². The molecule has 0 heterocycles. The minimum absolute atomic E-state index is 0.0804. The van der Waals surface area contributed by atoms with Crippen LogP contribution in [0.25, 0.3) is 0 Å². The maximum atomic E-state index is 13.2. The van der Waals surface area contributed by atoms with E-state index in [0.717, 1.165) is 0 Å². The highest BCUT2D eigenvalue weighted by Crippen LogP contribution is 2.53. The summed E-state index contributed by atoms with van der Waals surface area (Å²) in [5, 5.41) is 2.54. The van der Waals surface area contributed by atoms with Gasteiger partial charge in [0.2, 0.25) is 0 Å². The van der Waals surface area contributed by atoms with Gasteiger partial charge < -0.3 is 14.4 Å². The predicted octanol–water partition coefficient (Wildman–Crippen LogP) is 3.89. The van der Waals surface area contributed by atoms with Gasteiger partial charge in [0.05, 0.1) is 13.2 Å². The first kappa shape index (κ1) is 20.0. The van der Waals surface area contributed by atoms with Gasteiger partial charge in [-0.25, -0.2) is 0 Å². The lowest BCUT2D eigenvalue weighted by molar-refractivity contribution is 0.0865. The van der Waals surface area contributed by atoms with Crippen molar-refractivity contribution >= 4 is 19.3 Å². The summed E-state index contributed by atoms with van der Waals surface area (Å²) in [6.07, 6.45) is 0. The van der Waals surface area contributed by atoms with Crippen LogP contribution in [0.4, 0.5) is 0 Å². The molecule has 1 atom stereocenters. The lowest BCUT2D eigenvalue weighted by Crippen LogP contribution is -2.41. The summed E-state index contributed by atoms with van der Waals surface area (Å²) in [4.78, 5) is 25.5. The number of benzene rings is 2. The summed E-state index contributed by atoms with van der Waals surface area (Å²) < 4.78 is 23.8. The monoisotopic (exact) mass is 375 g/mol. The first-order chi connectivity index (χ1) is 12.5. The van der Waals surface area contributed by atoms with E-state index in [9.17, 15) is 14.2 Å². The number of carbonyl (C=O) groups excluding carboxylic acids is 2. The third-order valence-corrected chi connectivity index (χ3v) is 5.78. The molecule has 0 saturated heterocycles. The Labute approximate surface area is 153 Å². The topological polar surface area (TPSA) is 81.7 Å². The Morgan fingerprint density at radius 1 is 0.885 bits per heavy atom. The van der Waals surface area contributed by atoms with Crippen LogP contribution < -0.4 is 5.32 Å². The highest BCUT2D eigenvalue weighted by molar-refractivity contribution is 7.55. The zero-order valence-electron chi connectivity index (χ0n) is 14.8. The molecule has 0 spiro atoms. The van der Waals surface area contributed by atoms with E-state index in [1.807, 2.05) is 0 Å². The van der Waals surface area contributed by atoms with E-state index in [1.165, 1.54) is 0 Å². The van der Waals surface area contributed by atoms with Gasteiger partial charge in [-0.2, -0.15) is 0 Å². The maximum Gasteiger partial charge on any atom is 0.360 e. The lowest BCUT2D eigenvalue weighted by Gasteiger charge is -2.26. The van der Waals surface area contributed by atoms with Crippen LogP contribution in [0.2, 0.25) is 0 Å². The summed E-state index contributed by atoms with van der Waals surface area (Å²) >= 11 is 0. The number of nitrogens with one attached hydrogen (secondary N) is 1. The van der Waals surface area contributed by atoms with Gasteiger partial charge in [0.1, 0.15) is 0 Å². The van der Waals surface area contributed by atoms with Gasteiger partial charge in [-0.05, 0) is 26.0 Å². The van der Waals surface area contributed by atoms with Gasteiger partial charge in [-0.3, -0.25) is 14.2 Å². The molecule has 2 rings (SSSR count). The second-order valence-electron chi connectivity index (χ2n) is 5.35. The maximum absolute atomic E-state index is 13.2. The molecule has 0 aliphatic heterocycles. The number of Topliss-reactive ketones (excluding diaryl/α,β-unsaturated/α-hetero) is 1. The van der Waals surface area contributed by atoms with Gasteiger partial charge in [-0.1, -0.05) is 48.5 Å². The molecule has 0 aliphatic carbocycles. The van der Waals surface area contributed by atoms with E-state index in [0.29, 0.717) is 11.1 Å². The molecule has 6 nitrogen and oxygen atoms in total. The molecule has 2 aromatic carbocycles. The Morgan fingerprint density at radius 2 is 1.35 bits per heavy atom. The number of carbonyl (C=O) groups is 2. The third-order valence-electron chi connectivity index (χ3n) is 3.54. The van der Waals surface area contributed by atoms with Crippen molar-refractivity contribution in [1.82, 2.24) is 5.32 Å². The van der Waals surface area contributed by atoms with Crippen molar-refractivity contribution in [2.75, 3.05) is 13.2 Å². The number of hydrogen-bond acceptors (Lipinski definition) is 5. The van der Waals surface area contributed by atoms with Crippen molar-refractivity contribution in [2.45, 2.75) is 19.6 Å². The minimum Gasteiger partial charge on any atom is -0.332 e. The molecule has 1 amide bonds. The molecule has 0 unspecified atom stereocenters. The van der Waals surface area contributed by atoms with Crippen LogP contribution in [0.15, 0.2) is 60.7 Å². The van der Waals surface area contributed by atoms with Crippen LogP contribution in [0.3, 0.4) is 0 Å². The van der Waals surface area contributed by atoms with Crippen LogP contribution in [0.1, 0.15) is 34.6 Å². The normalized spacial score (nSPS) is 12.4. The van der Waals surface area contributed by atoms with Gasteiger partial charge in [0, 0.05) is 11.1 Å². The third kappa shape index (κ3) is 4.88. The van der Waals surface area contributed by atoms with Crippen molar-refractivity contribution in [3.8, 4) is 0 Å². The van der Waals surface area contributed by atoms with Crippen LogP contribution in [0.5, 0.6) is 0 Å². The summed E-state index contributed by atoms with van der Waals surface area (Å²) in [6.45, 7) is 3.46. The van der Waals surface area contributed by atoms with Gasteiger partial charge in [-0.15, -0.1) is 0 Å². The molecule has 2 aromatic rings. The first-order valence-electron chi connectivity index (χ1n) is 8.35. The van der Waals surface area contributed by atoms with Crippen molar-refractivity contribution < 1.29 is 23.2 Å². The summed E-state index contributed by atoms with van der Waals surface area (Å²) in [5.74, 6) is -2.49. The second-order valence-corrected chi connectivity index (χ2v) is 7.46. The second kappa shape index (κ2) is 9.43. The molecular weight excluding hydrogens is 353 g/mol. The highest BCUT2D eigenvalue weighted by Gasteiger charge is 2.42. The van der Waals surface area contributed by atoms with E-state index in [-0.39, 0.29) is 13.2 Å². The van der Waals surface area contributed by atoms with Crippen LogP contribution >= 0.6 is 7.60 Å². The smallest absolute Gasteiger partial charge is 0.332 e. The highest BCUT2D eigenvalue weighted by atomic mass is 31.2. The van der Waals surface area contributed by atoms with Gasteiger partial charge in [0.15, 0.2) is 11.6 Å². The fourth-order valence-corrected chi connectivity index (χ4v) is 4.20. The molecule has 26 heavy (non-hydrogen) atoms. The van der Waals surface area contributed by atoms with E-state index < -0.39 is 25.1 Å². The standard InChI is InChI=1S/C19H22NO5P/c1-3-24-26(23,25-4-2)19(17(21)15-11-7-5-8-12-15)20-18(22)16-13-9-6-10-14-16/h5-14,19H,3-4H2,1-2H3,(H,20,22)/t19-/m1/s1. The van der Waals surface area contributed by atoms with E-state index >= 15 is 0 Å². The predicted molar refractivity (Wildman–Crippen MR) is 99.3 cm³/mol. The number of amides is 1. The Bertz CT molecular complexity index is 769. The summed E-state index contributed by atoms with van der Waals surface area (Å²) in [6, 6.07) is 16.7. The zero-order chi connectivity index (χ0) is 19.0. The molecule has 0 radical (unpaired) electrons. The number of rotatable bonds is 9. The summed E-state index contributed by atoms with van der Waals surface area (Å²) in [7, 11) is -3.91. The van der Waals surface area contributed by atoms with Crippen LogP contribution in [0, 0.1) is 0 Å². The quantitative estimate of drug-likeness (QED) is 0.531. The Balaban J connectivity index is 2.39. The molecular formula is C19H22NO5P. The fourth-order valence-electron chi connectivity index (χ4n) is 2.39. The number of ketones is 1.